The number of rotatable bonds is 6. The highest BCUT2D eigenvalue weighted by molar-refractivity contribution is 9.10. The molecule has 0 aliphatic heterocycles. The number of halogens is 1. The average Bonchev–Trinajstić information content (AvgIpc) is 2.54. The summed E-state index contributed by atoms with van der Waals surface area (Å²) in [5.41, 5.74) is 0.350. The van der Waals surface area contributed by atoms with Crippen LogP contribution in [0.15, 0.2) is 21.8 Å². The minimum Gasteiger partial charge on any atom is -0.479 e. The van der Waals surface area contributed by atoms with Gasteiger partial charge in [-0.15, -0.1) is 0 Å². The van der Waals surface area contributed by atoms with E-state index in [1.54, 1.807) is 0 Å². The van der Waals surface area contributed by atoms with Crippen LogP contribution in [0.2, 0.25) is 0 Å². The predicted octanol–water partition coefficient (Wildman–Crippen LogP) is 2.17. The van der Waals surface area contributed by atoms with Gasteiger partial charge in [-0.3, -0.25) is 0 Å². The molecular formula is C13H12BrNO9. The topological polar surface area (TPSA) is 130 Å². The van der Waals surface area contributed by atoms with Crippen LogP contribution in [0.4, 0.5) is 9.59 Å². The maximum atomic E-state index is 11.3. The van der Waals surface area contributed by atoms with Gasteiger partial charge in [0, 0.05) is 5.56 Å². The number of carboxylic acid groups (broad SMARTS) is 1. The van der Waals surface area contributed by atoms with Crippen LogP contribution in [-0.2, 0) is 19.1 Å². The van der Waals surface area contributed by atoms with E-state index in [-0.39, 0.29) is 16.0 Å². The fourth-order valence-electron chi connectivity index (χ4n) is 1.28. The maximum Gasteiger partial charge on any atom is 0.513 e. The smallest absolute Gasteiger partial charge is 0.479 e. The number of methoxy groups -OCH3 is 2. The summed E-state index contributed by atoms with van der Waals surface area (Å²) in [5.74, 6) is -1.48. The van der Waals surface area contributed by atoms with E-state index in [0.717, 1.165) is 14.2 Å². The van der Waals surface area contributed by atoms with E-state index in [9.17, 15) is 14.4 Å². The number of ether oxygens (including phenoxy) is 4. The lowest BCUT2D eigenvalue weighted by atomic mass is 10.2. The van der Waals surface area contributed by atoms with Crippen molar-refractivity contribution < 1.29 is 43.3 Å². The molecule has 1 aromatic rings. The summed E-state index contributed by atoms with van der Waals surface area (Å²) < 4.78 is 18.7. The van der Waals surface area contributed by atoms with Gasteiger partial charge in [0.1, 0.15) is 0 Å². The first kappa shape index (κ1) is 19.2. The quantitative estimate of drug-likeness (QED) is 0.327. The highest BCUT2D eigenvalue weighted by Crippen LogP contribution is 2.37. The second kappa shape index (κ2) is 9.35. The zero-order valence-electron chi connectivity index (χ0n) is 12.5. The molecule has 0 aromatic heterocycles. The molecule has 24 heavy (non-hydrogen) atoms. The van der Waals surface area contributed by atoms with E-state index in [0.29, 0.717) is 5.56 Å². The van der Waals surface area contributed by atoms with Crippen molar-refractivity contribution in [2.24, 2.45) is 5.16 Å². The second-order valence-corrected chi connectivity index (χ2v) is 4.70. The van der Waals surface area contributed by atoms with Gasteiger partial charge in [0.15, 0.2) is 11.5 Å². The van der Waals surface area contributed by atoms with Crippen molar-refractivity contribution in [3.8, 4) is 11.5 Å². The van der Waals surface area contributed by atoms with Gasteiger partial charge >= 0.3 is 18.3 Å². The molecule has 0 aliphatic rings. The Morgan fingerprint density at radius 3 is 2.38 bits per heavy atom. The van der Waals surface area contributed by atoms with Crippen molar-refractivity contribution in [1.82, 2.24) is 0 Å². The average molecular weight is 406 g/mol. The van der Waals surface area contributed by atoms with Gasteiger partial charge in [0.05, 0.1) is 24.9 Å². The SMILES string of the molecule is COC(=O)Oc1cc(/C=N\OCC(=O)O)cc(Br)c1OC(=O)OC. The molecular weight excluding hydrogens is 394 g/mol. The number of nitrogens with zero attached hydrogens (tertiary/aromatic N) is 1. The fraction of sp³-hybridized carbons (Fsp3) is 0.231. The molecule has 0 heterocycles. The first-order chi connectivity index (χ1) is 11.4. The van der Waals surface area contributed by atoms with Crippen LogP contribution >= 0.6 is 15.9 Å². The summed E-state index contributed by atoms with van der Waals surface area (Å²) >= 11 is 3.14. The number of oxime groups is 1. The summed E-state index contributed by atoms with van der Waals surface area (Å²) in [7, 11) is 2.21. The van der Waals surface area contributed by atoms with Crippen molar-refractivity contribution in [2.75, 3.05) is 20.8 Å². The van der Waals surface area contributed by atoms with E-state index < -0.39 is 24.9 Å². The normalized spacial score (nSPS) is 10.1. The van der Waals surface area contributed by atoms with Crippen LogP contribution in [0, 0.1) is 0 Å². The second-order valence-electron chi connectivity index (χ2n) is 3.84. The van der Waals surface area contributed by atoms with Crippen LogP contribution in [0.5, 0.6) is 11.5 Å². The molecule has 11 heteroatoms. The minimum absolute atomic E-state index is 0.129. The molecule has 0 amide bonds. The first-order valence-corrected chi connectivity index (χ1v) is 6.89. The Hall–Kier alpha value is -2.82. The van der Waals surface area contributed by atoms with Gasteiger partial charge in [0.25, 0.3) is 0 Å². The fourth-order valence-corrected chi connectivity index (χ4v) is 1.83. The molecule has 0 radical (unpaired) electrons. The monoisotopic (exact) mass is 405 g/mol. The van der Waals surface area contributed by atoms with Crippen molar-refractivity contribution in [3.63, 3.8) is 0 Å². The highest BCUT2D eigenvalue weighted by atomic mass is 79.9. The molecule has 0 spiro atoms. The van der Waals surface area contributed by atoms with Crippen molar-refractivity contribution in [3.05, 3.63) is 22.2 Å². The third-order valence-electron chi connectivity index (χ3n) is 2.21. The highest BCUT2D eigenvalue weighted by Gasteiger charge is 2.19. The van der Waals surface area contributed by atoms with Crippen LogP contribution in [0.1, 0.15) is 5.56 Å². The third-order valence-corrected chi connectivity index (χ3v) is 2.80. The molecule has 0 saturated carbocycles. The van der Waals surface area contributed by atoms with E-state index in [4.69, 9.17) is 14.6 Å². The van der Waals surface area contributed by atoms with Crippen molar-refractivity contribution in [1.29, 1.82) is 0 Å². The number of hydrogen-bond donors (Lipinski definition) is 1. The Morgan fingerprint density at radius 2 is 1.79 bits per heavy atom. The van der Waals surface area contributed by atoms with E-state index >= 15 is 0 Å². The lowest BCUT2D eigenvalue weighted by molar-refractivity contribution is -0.142. The Labute approximate surface area is 144 Å². The van der Waals surface area contributed by atoms with Crippen molar-refractivity contribution in [2.45, 2.75) is 0 Å². The van der Waals surface area contributed by atoms with Gasteiger partial charge in [0.2, 0.25) is 6.61 Å². The Kier molecular flexibility index (Phi) is 7.49. The molecule has 1 rings (SSSR count). The molecule has 1 N–H and O–H groups in total. The number of carbonyl (C=O) groups excluding carboxylic acids is 2. The first-order valence-electron chi connectivity index (χ1n) is 6.09. The Balaban J connectivity index is 3.09. The van der Waals surface area contributed by atoms with Crippen molar-refractivity contribution >= 4 is 40.4 Å². The molecule has 0 unspecified atom stereocenters. The zero-order valence-corrected chi connectivity index (χ0v) is 14.1. The van der Waals surface area contributed by atoms with Gasteiger partial charge in [-0.1, -0.05) is 5.16 Å². The Bertz CT molecular complexity index is 659. The summed E-state index contributed by atoms with van der Waals surface area (Å²) in [6.07, 6.45) is -0.913. The van der Waals surface area contributed by atoms with Crippen LogP contribution in [0.25, 0.3) is 0 Å². The molecule has 0 fully saturated rings. The summed E-state index contributed by atoms with van der Waals surface area (Å²) in [6.45, 7) is -0.618. The molecule has 0 bridgehead atoms. The summed E-state index contributed by atoms with van der Waals surface area (Å²) in [4.78, 5) is 37.4. The van der Waals surface area contributed by atoms with Crippen LogP contribution in [0.3, 0.4) is 0 Å². The van der Waals surface area contributed by atoms with Gasteiger partial charge < -0.3 is 28.9 Å². The maximum absolute atomic E-state index is 11.3. The molecule has 130 valence electrons. The number of benzene rings is 1. The molecule has 10 nitrogen and oxygen atoms in total. The lowest BCUT2D eigenvalue weighted by Crippen LogP contribution is -2.12. The summed E-state index contributed by atoms with van der Waals surface area (Å²) in [5, 5.41) is 11.9. The summed E-state index contributed by atoms with van der Waals surface area (Å²) in [6, 6.07) is 2.74. The van der Waals surface area contributed by atoms with Gasteiger partial charge in [-0.2, -0.15) is 0 Å². The minimum atomic E-state index is -1.19. The van der Waals surface area contributed by atoms with Crippen LogP contribution in [-0.4, -0.2) is 50.4 Å². The zero-order chi connectivity index (χ0) is 18.1. The number of carboxylic acids is 1. The Morgan fingerprint density at radius 1 is 1.17 bits per heavy atom. The molecule has 0 aliphatic carbocycles. The number of carbonyl (C=O) groups is 3. The predicted molar refractivity (Wildman–Crippen MR) is 81.4 cm³/mol. The van der Waals surface area contributed by atoms with Gasteiger partial charge in [-0.05, 0) is 28.1 Å². The number of hydrogen-bond acceptors (Lipinski definition) is 9. The third kappa shape index (κ3) is 6.12. The lowest BCUT2D eigenvalue weighted by Gasteiger charge is -2.11. The van der Waals surface area contributed by atoms with Crippen LogP contribution < -0.4 is 9.47 Å². The van der Waals surface area contributed by atoms with Gasteiger partial charge in [-0.25, -0.2) is 14.4 Å². The van der Waals surface area contributed by atoms with E-state index in [2.05, 4.69) is 35.4 Å². The standard InChI is InChI=1S/C13H12BrNO9/c1-20-12(18)23-9-4-7(5-15-22-6-10(16)17)3-8(14)11(9)24-13(19)21-2/h3-5H,6H2,1-2H3,(H,16,17)/b15-5-. The molecule has 0 atom stereocenters. The van der Waals surface area contributed by atoms with E-state index in [1.165, 1.54) is 18.3 Å². The van der Waals surface area contributed by atoms with E-state index in [1.807, 2.05) is 0 Å². The molecule has 1 aromatic carbocycles. The largest absolute Gasteiger partial charge is 0.513 e. The number of aliphatic carboxylic acids is 1. The molecule has 0 saturated heterocycles.